The predicted molar refractivity (Wildman–Crippen MR) is 112 cm³/mol. The van der Waals surface area contributed by atoms with Gasteiger partial charge in [0, 0.05) is 36.8 Å². The monoisotopic (exact) mass is 417 g/mol. The normalized spacial score (nSPS) is 15.7. The largest absolute Gasteiger partial charge is 0.465 e. The number of halogens is 1. The minimum atomic E-state index is -1.15. The van der Waals surface area contributed by atoms with Gasteiger partial charge in [0.25, 0.3) is 0 Å². The molecule has 3 rings (SSSR count). The Labute approximate surface area is 174 Å². The molecule has 1 atom stereocenters. The number of hydrogen-bond acceptors (Lipinski definition) is 6. The molecule has 2 aromatic rings. The van der Waals surface area contributed by atoms with Crippen LogP contribution in [-0.4, -0.2) is 77.7 Å². The third-order valence-corrected chi connectivity index (χ3v) is 5.17. The van der Waals surface area contributed by atoms with E-state index in [0.29, 0.717) is 24.4 Å². The molecule has 2 heterocycles. The molecule has 1 aromatic heterocycles. The van der Waals surface area contributed by atoms with Gasteiger partial charge in [-0.2, -0.15) is 0 Å². The van der Waals surface area contributed by atoms with E-state index in [2.05, 4.69) is 4.90 Å². The molecular formula is C20H24ClN5O3. The minimum Gasteiger partial charge on any atom is -0.465 e. The molecule has 0 saturated carbocycles. The van der Waals surface area contributed by atoms with Gasteiger partial charge in [-0.3, -0.25) is 9.80 Å². The number of carbonyl (C=O) groups is 2. The molecule has 0 bridgehead atoms. The average Bonchev–Trinajstić information content (AvgIpc) is 2.73. The van der Waals surface area contributed by atoms with Crippen LogP contribution < -0.4 is 10.6 Å². The summed E-state index contributed by atoms with van der Waals surface area (Å²) >= 11 is 6.09. The third kappa shape index (κ3) is 5.44. The van der Waals surface area contributed by atoms with Gasteiger partial charge in [0.05, 0.1) is 24.9 Å². The smallest absolute Gasteiger partial charge is 0.407 e. The number of nitrogens with zero attached hydrogens (tertiary/aromatic N) is 4. The van der Waals surface area contributed by atoms with E-state index in [4.69, 9.17) is 27.4 Å². The van der Waals surface area contributed by atoms with Gasteiger partial charge in [0.2, 0.25) is 0 Å². The fourth-order valence-corrected chi connectivity index (χ4v) is 3.54. The van der Waals surface area contributed by atoms with Crippen molar-refractivity contribution in [3.05, 3.63) is 47.5 Å². The van der Waals surface area contributed by atoms with Gasteiger partial charge in [0.1, 0.15) is 12.1 Å². The molecule has 1 aromatic carbocycles. The summed E-state index contributed by atoms with van der Waals surface area (Å²) in [5.41, 5.74) is 7.99. The van der Waals surface area contributed by atoms with E-state index in [9.17, 15) is 9.59 Å². The average molecular weight is 418 g/mol. The third-order valence-electron chi connectivity index (χ3n) is 4.93. The fraction of sp³-hybridized carbons (Fsp3) is 0.350. The standard InChI is InChI=1S/C20H24ClN5O3/c21-16-4-1-3-15(13-16)17-5-2-6-19(23-17)25-9-7-24(8-10-25)18(22)14-26(11-12-27)20(28)29/h1-6,12-13,18H,7-11,14,22H2,(H,28,29). The van der Waals surface area contributed by atoms with Crippen LogP contribution >= 0.6 is 11.6 Å². The molecule has 1 aliphatic rings. The summed E-state index contributed by atoms with van der Waals surface area (Å²) in [4.78, 5) is 31.8. The summed E-state index contributed by atoms with van der Waals surface area (Å²) < 4.78 is 0. The lowest BCUT2D eigenvalue weighted by Crippen LogP contribution is -2.57. The molecule has 1 unspecified atom stereocenters. The first kappa shape index (κ1) is 21.0. The van der Waals surface area contributed by atoms with Crippen LogP contribution in [0, 0.1) is 0 Å². The number of aromatic nitrogens is 1. The number of carboxylic acid groups (broad SMARTS) is 1. The van der Waals surface area contributed by atoms with Crippen molar-refractivity contribution in [2.75, 3.05) is 44.2 Å². The number of carbonyl (C=O) groups excluding carboxylic acids is 1. The van der Waals surface area contributed by atoms with Gasteiger partial charge >= 0.3 is 6.09 Å². The second kappa shape index (κ2) is 9.69. The van der Waals surface area contributed by atoms with Crippen molar-refractivity contribution < 1.29 is 14.7 Å². The van der Waals surface area contributed by atoms with Gasteiger partial charge in [-0.15, -0.1) is 0 Å². The molecule has 8 nitrogen and oxygen atoms in total. The van der Waals surface area contributed by atoms with E-state index < -0.39 is 12.3 Å². The molecule has 9 heteroatoms. The summed E-state index contributed by atoms with van der Waals surface area (Å²) in [6, 6.07) is 13.5. The lowest BCUT2D eigenvalue weighted by molar-refractivity contribution is -0.108. The maximum atomic E-state index is 11.2. The van der Waals surface area contributed by atoms with Crippen molar-refractivity contribution in [1.82, 2.24) is 14.8 Å². The van der Waals surface area contributed by atoms with Crippen LogP contribution in [0.15, 0.2) is 42.5 Å². The van der Waals surface area contributed by atoms with Crippen LogP contribution in [0.1, 0.15) is 0 Å². The van der Waals surface area contributed by atoms with Gasteiger partial charge in [-0.1, -0.05) is 29.8 Å². The summed E-state index contributed by atoms with van der Waals surface area (Å²) in [7, 11) is 0. The van der Waals surface area contributed by atoms with Crippen LogP contribution in [0.2, 0.25) is 5.02 Å². The Morgan fingerprint density at radius 1 is 1.24 bits per heavy atom. The number of nitrogens with two attached hydrogens (primary N) is 1. The number of pyridine rings is 1. The van der Waals surface area contributed by atoms with E-state index >= 15 is 0 Å². The van der Waals surface area contributed by atoms with Gasteiger partial charge in [0.15, 0.2) is 0 Å². The van der Waals surface area contributed by atoms with Crippen molar-refractivity contribution in [3.63, 3.8) is 0 Å². The zero-order valence-corrected chi connectivity index (χ0v) is 16.7. The second-order valence-electron chi connectivity index (χ2n) is 6.84. The molecule has 0 aliphatic carbocycles. The first-order chi connectivity index (χ1) is 14.0. The molecule has 1 aliphatic heterocycles. The van der Waals surface area contributed by atoms with Crippen LogP contribution in [0.3, 0.4) is 0 Å². The molecule has 3 N–H and O–H groups in total. The Bertz CT molecular complexity index is 858. The number of hydrogen-bond donors (Lipinski definition) is 2. The second-order valence-corrected chi connectivity index (χ2v) is 7.27. The highest BCUT2D eigenvalue weighted by atomic mass is 35.5. The number of amides is 1. The molecule has 154 valence electrons. The zero-order valence-electron chi connectivity index (χ0n) is 15.9. The Morgan fingerprint density at radius 3 is 2.62 bits per heavy atom. The van der Waals surface area contributed by atoms with E-state index in [-0.39, 0.29) is 13.1 Å². The Balaban J connectivity index is 1.61. The van der Waals surface area contributed by atoms with E-state index in [1.54, 1.807) is 0 Å². The summed E-state index contributed by atoms with van der Waals surface area (Å²) in [6.07, 6.45) is -1.04. The van der Waals surface area contributed by atoms with Crippen LogP contribution in [0.4, 0.5) is 10.6 Å². The van der Waals surface area contributed by atoms with Gasteiger partial charge in [-0.05, 0) is 24.3 Å². The lowest BCUT2D eigenvalue weighted by atomic mass is 10.1. The molecule has 1 amide bonds. The van der Waals surface area contributed by atoms with Crippen molar-refractivity contribution in [3.8, 4) is 11.3 Å². The fourth-order valence-electron chi connectivity index (χ4n) is 3.35. The SMILES string of the molecule is NC(CN(CC=O)C(=O)O)N1CCN(c2cccc(-c3cccc(Cl)c3)n2)CC1. The molecule has 29 heavy (non-hydrogen) atoms. The molecular weight excluding hydrogens is 394 g/mol. The maximum Gasteiger partial charge on any atom is 0.407 e. The van der Waals surface area contributed by atoms with Gasteiger partial charge in [-0.25, -0.2) is 9.78 Å². The highest BCUT2D eigenvalue weighted by Crippen LogP contribution is 2.24. The lowest BCUT2D eigenvalue weighted by Gasteiger charge is -2.39. The zero-order chi connectivity index (χ0) is 20.8. The summed E-state index contributed by atoms with van der Waals surface area (Å²) in [5.74, 6) is 0.879. The van der Waals surface area contributed by atoms with Crippen molar-refractivity contribution in [2.45, 2.75) is 6.17 Å². The number of rotatable bonds is 7. The summed E-state index contributed by atoms with van der Waals surface area (Å²) in [6.45, 7) is 2.72. The van der Waals surface area contributed by atoms with Crippen LogP contribution in [0.5, 0.6) is 0 Å². The molecule has 1 saturated heterocycles. The van der Waals surface area contributed by atoms with Crippen molar-refractivity contribution in [2.24, 2.45) is 5.73 Å². The molecule has 1 fully saturated rings. The first-order valence-corrected chi connectivity index (χ1v) is 9.75. The first-order valence-electron chi connectivity index (χ1n) is 9.37. The number of benzene rings is 1. The van der Waals surface area contributed by atoms with Crippen molar-refractivity contribution >= 4 is 29.8 Å². The molecule has 0 spiro atoms. The number of anilines is 1. The van der Waals surface area contributed by atoms with Gasteiger partial charge < -0.3 is 20.5 Å². The highest BCUT2D eigenvalue weighted by Gasteiger charge is 2.25. The van der Waals surface area contributed by atoms with Crippen LogP contribution in [0.25, 0.3) is 11.3 Å². The van der Waals surface area contributed by atoms with E-state index in [1.807, 2.05) is 47.4 Å². The summed E-state index contributed by atoms with van der Waals surface area (Å²) in [5, 5.41) is 9.82. The Morgan fingerprint density at radius 2 is 1.97 bits per heavy atom. The van der Waals surface area contributed by atoms with E-state index in [1.165, 1.54) is 0 Å². The maximum absolute atomic E-state index is 11.2. The minimum absolute atomic E-state index is 0.0938. The number of aldehydes is 1. The predicted octanol–water partition coefficient (Wildman–Crippen LogP) is 1.99. The van der Waals surface area contributed by atoms with Crippen LogP contribution in [-0.2, 0) is 4.79 Å². The quantitative estimate of drug-likeness (QED) is 0.664. The van der Waals surface area contributed by atoms with Crippen molar-refractivity contribution in [1.29, 1.82) is 0 Å². The Hall–Kier alpha value is -2.68. The molecule has 0 radical (unpaired) electrons. The topological polar surface area (TPSA) is 103 Å². The van der Waals surface area contributed by atoms with E-state index in [0.717, 1.165) is 35.1 Å². The number of piperazine rings is 1. The Kier molecular flexibility index (Phi) is 7.03. The highest BCUT2D eigenvalue weighted by molar-refractivity contribution is 6.30.